The molecule has 1 atom stereocenters. The molecule has 200 valence electrons. The molecule has 2 fully saturated rings. The first-order valence-electron chi connectivity index (χ1n) is 13.6. The van der Waals surface area contributed by atoms with Crippen LogP contribution in [0.5, 0.6) is 0 Å². The highest BCUT2D eigenvalue weighted by Gasteiger charge is 2.48. The molecule has 0 spiro atoms. The average Bonchev–Trinajstić information content (AvgIpc) is 3.30. The largest absolute Gasteiger partial charge is 0.322 e. The SMILES string of the molecule is C=CCn1cc(CN2CCC[C@H](C)C2)cc(C(=O)Nc2cccc(C3(c4nncn4C)CC(C)C3)c2)c1=O. The number of anilines is 1. The Labute approximate surface area is 224 Å². The number of amides is 1. The summed E-state index contributed by atoms with van der Waals surface area (Å²) in [5, 5.41) is 11.5. The third-order valence-corrected chi connectivity index (χ3v) is 8.07. The van der Waals surface area contributed by atoms with E-state index in [0.29, 0.717) is 24.1 Å². The zero-order chi connectivity index (χ0) is 26.9. The van der Waals surface area contributed by atoms with Crippen LogP contribution in [-0.4, -0.2) is 43.2 Å². The zero-order valence-electron chi connectivity index (χ0n) is 22.7. The molecule has 3 heterocycles. The summed E-state index contributed by atoms with van der Waals surface area (Å²) >= 11 is 0. The molecule has 1 amide bonds. The standard InChI is InChI=1S/C30H38N6O2/c1-5-11-36-19-23(18-35-12-7-8-21(2)17-35)13-26(28(36)38)27(37)32-25-10-6-9-24(14-25)30(15-22(3)16-30)29-33-31-20-34(29)4/h5-6,9-10,13-14,19-22H,1,7-8,11-12,15-18H2,2-4H3,(H,32,37)/t21-,22?,30?/m0/s1. The lowest BCUT2D eigenvalue weighted by Gasteiger charge is -2.46. The van der Waals surface area contributed by atoms with Crippen molar-refractivity contribution in [1.82, 2.24) is 24.2 Å². The fourth-order valence-corrected chi connectivity index (χ4v) is 6.40. The predicted molar refractivity (Wildman–Crippen MR) is 149 cm³/mol. The summed E-state index contributed by atoms with van der Waals surface area (Å²) in [6.45, 7) is 11.4. The molecule has 2 aromatic heterocycles. The van der Waals surface area contributed by atoms with Gasteiger partial charge in [0.15, 0.2) is 0 Å². The number of hydrogen-bond acceptors (Lipinski definition) is 5. The maximum Gasteiger partial charge on any atom is 0.263 e. The van der Waals surface area contributed by atoms with Gasteiger partial charge >= 0.3 is 0 Å². The molecule has 0 radical (unpaired) electrons. The quantitative estimate of drug-likeness (QED) is 0.452. The van der Waals surface area contributed by atoms with Gasteiger partial charge < -0.3 is 14.5 Å². The van der Waals surface area contributed by atoms with Crippen LogP contribution in [0.25, 0.3) is 0 Å². The van der Waals surface area contributed by atoms with Crippen LogP contribution in [0.2, 0.25) is 0 Å². The number of nitrogens with one attached hydrogen (secondary N) is 1. The van der Waals surface area contributed by atoms with Gasteiger partial charge in [-0.25, -0.2) is 0 Å². The number of allylic oxidation sites excluding steroid dienone is 1. The molecule has 3 aromatic rings. The van der Waals surface area contributed by atoms with Gasteiger partial charge in [0.2, 0.25) is 0 Å². The van der Waals surface area contributed by atoms with Crippen LogP contribution < -0.4 is 10.9 Å². The summed E-state index contributed by atoms with van der Waals surface area (Å²) in [5.41, 5.74) is 2.34. The second kappa shape index (κ2) is 10.7. The van der Waals surface area contributed by atoms with Crippen LogP contribution in [0.1, 0.15) is 66.8 Å². The van der Waals surface area contributed by atoms with E-state index in [0.717, 1.165) is 49.4 Å². The van der Waals surface area contributed by atoms with Crippen LogP contribution >= 0.6 is 0 Å². The van der Waals surface area contributed by atoms with Gasteiger partial charge in [-0.15, -0.1) is 16.8 Å². The highest BCUT2D eigenvalue weighted by molar-refractivity contribution is 6.04. The first kappa shape index (κ1) is 26.1. The Bertz CT molecular complexity index is 1380. The van der Waals surface area contributed by atoms with Crippen molar-refractivity contribution in [2.75, 3.05) is 18.4 Å². The van der Waals surface area contributed by atoms with Crippen molar-refractivity contribution in [3.05, 3.63) is 88.4 Å². The Morgan fingerprint density at radius 2 is 2.05 bits per heavy atom. The molecule has 5 rings (SSSR count). The molecule has 0 bridgehead atoms. The number of carbonyl (C=O) groups excluding carboxylic acids is 1. The lowest BCUT2D eigenvalue weighted by molar-refractivity contribution is 0.102. The Morgan fingerprint density at radius 1 is 1.24 bits per heavy atom. The fraction of sp³-hybridized carbons (Fsp3) is 0.467. The number of nitrogens with zero attached hydrogens (tertiary/aromatic N) is 5. The van der Waals surface area contributed by atoms with Crippen molar-refractivity contribution in [2.24, 2.45) is 18.9 Å². The molecule has 1 aliphatic heterocycles. The third-order valence-electron chi connectivity index (χ3n) is 8.07. The van der Waals surface area contributed by atoms with Gasteiger partial charge in [0.25, 0.3) is 11.5 Å². The minimum absolute atomic E-state index is 0.153. The summed E-state index contributed by atoms with van der Waals surface area (Å²) in [5.74, 6) is 1.78. The van der Waals surface area contributed by atoms with Crippen LogP contribution in [0.15, 0.2) is 60.3 Å². The third kappa shape index (κ3) is 5.10. The first-order chi connectivity index (χ1) is 18.3. The second-order valence-electron chi connectivity index (χ2n) is 11.4. The summed E-state index contributed by atoms with van der Waals surface area (Å²) in [4.78, 5) is 29.1. The van der Waals surface area contributed by atoms with E-state index in [1.165, 1.54) is 12.8 Å². The van der Waals surface area contributed by atoms with Crippen molar-refractivity contribution in [2.45, 2.75) is 58.0 Å². The first-order valence-corrected chi connectivity index (χ1v) is 13.6. The molecule has 1 aromatic carbocycles. The summed E-state index contributed by atoms with van der Waals surface area (Å²) < 4.78 is 3.56. The number of hydrogen-bond donors (Lipinski definition) is 1. The smallest absolute Gasteiger partial charge is 0.263 e. The van der Waals surface area contributed by atoms with E-state index < -0.39 is 5.91 Å². The van der Waals surface area contributed by atoms with Gasteiger partial charge in [0.1, 0.15) is 17.7 Å². The fourth-order valence-electron chi connectivity index (χ4n) is 6.40. The average molecular weight is 515 g/mol. The van der Waals surface area contributed by atoms with Gasteiger partial charge in [-0.2, -0.15) is 0 Å². The molecule has 2 aliphatic rings. The normalized spacial score (nSPS) is 23.6. The van der Waals surface area contributed by atoms with Crippen molar-refractivity contribution in [3.8, 4) is 0 Å². The monoisotopic (exact) mass is 514 g/mol. The number of benzene rings is 1. The minimum Gasteiger partial charge on any atom is -0.322 e. The lowest BCUT2D eigenvalue weighted by atomic mass is 9.58. The number of carbonyl (C=O) groups is 1. The van der Waals surface area contributed by atoms with E-state index in [-0.39, 0.29) is 16.5 Å². The summed E-state index contributed by atoms with van der Waals surface area (Å²) in [6, 6.07) is 9.69. The lowest BCUT2D eigenvalue weighted by Crippen LogP contribution is -2.43. The number of aromatic nitrogens is 4. The van der Waals surface area contributed by atoms with Crippen LogP contribution in [0, 0.1) is 11.8 Å². The van der Waals surface area contributed by atoms with Gasteiger partial charge in [-0.1, -0.05) is 32.1 Å². The maximum atomic E-state index is 13.5. The zero-order valence-corrected chi connectivity index (χ0v) is 22.7. The number of likely N-dealkylation sites (tertiary alicyclic amines) is 1. The van der Waals surface area contributed by atoms with Gasteiger partial charge in [0.05, 0.1) is 5.41 Å². The van der Waals surface area contributed by atoms with Crippen molar-refractivity contribution < 1.29 is 4.79 Å². The molecule has 8 heteroatoms. The number of aryl methyl sites for hydroxylation is 1. The highest BCUT2D eigenvalue weighted by Crippen LogP contribution is 2.51. The van der Waals surface area contributed by atoms with Gasteiger partial charge in [-0.3, -0.25) is 14.5 Å². The van der Waals surface area contributed by atoms with Crippen LogP contribution in [0.3, 0.4) is 0 Å². The Balaban J connectivity index is 1.42. The Morgan fingerprint density at radius 3 is 2.74 bits per heavy atom. The Hall–Kier alpha value is -3.52. The molecule has 1 N–H and O–H groups in total. The van der Waals surface area contributed by atoms with E-state index in [2.05, 4.69) is 46.9 Å². The molecule has 0 unspecified atom stereocenters. The topological polar surface area (TPSA) is 85.1 Å². The van der Waals surface area contributed by atoms with Crippen LogP contribution in [-0.2, 0) is 25.6 Å². The molecule has 1 saturated heterocycles. The van der Waals surface area contributed by atoms with E-state index in [4.69, 9.17) is 0 Å². The maximum absolute atomic E-state index is 13.5. The van der Waals surface area contributed by atoms with Gasteiger partial charge in [0, 0.05) is 38.6 Å². The predicted octanol–water partition coefficient (Wildman–Crippen LogP) is 4.36. The van der Waals surface area contributed by atoms with Crippen molar-refractivity contribution in [3.63, 3.8) is 0 Å². The van der Waals surface area contributed by atoms with Crippen molar-refractivity contribution in [1.29, 1.82) is 0 Å². The highest BCUT2D eigenvalue weighted by atomic mass is 16.2. The summed E-state index contributed by atoms with van der Waals surface area (Å²) in [7, 11) is 1.97. The molecular formula is C30H38N6O2. The number of piperidine rings is 1. The van der Waals surface area contributed by atoms with Gasteiger partial charge in [-0.05, 0) is 73.4 Å². The van der Waals surface area contributed by atoms with Crippen LogP contribution in [0.4, 0.5) is 5.69 Å². The van der Waals surface area contributed by atoms with E-state index in [1.807, 2.05) is 36.0 Å². The van der Waals surface area contributed by atoms with E-state index in [1.54, 1.807) is 23.0 Å². The minimum atomic E-state index is -0.395. The molecule has 8 nitrogen and oxygen atoms in total. The molecule has 1 aliphatic carbocycles. The van der Waals surface area contributed by atoms with E-state index >= 15 is 0 Å². The second-order valence-corrected chi connectivity index (χ2v) is 11.4. The molecule has 38 heavy (non-hydrogen) atoms. The summed E-state index contributed by atoms with van der Waals surface area (Å²) in [6.07, 6.45) is 9.65. The molecular weight excluding hydrogens is 476 g/mol. The molecule has 1 saturated carbocycles. The van der Waals surface area contributed by atoms with Crippen molar-refractivity contribution >= 4 is 11.6 Å². The number of rotatable bonds is 8. The number of pyridine rings is 1. The van der Waals surface area contributed by atoms with E-state index in [9.17, 15) is 9.59 Å². The Kier molecular flexibility index (Phi) is 7.34.